The summed E-state index contributed by atoms with van der Waals surface area (Å²) in [6.07, 6.45) is 3.12. The van der Waals surface area contributed by atoms with Crippen LogP contribution in [0, 0.1) is 6.92 Å². The molecule has 3 N–H and O–H groups in total. The predicted molar refractivity (Wildman–Crippen MR) is 50.6 cm³/mol. The third-order valence-electron chi connectivity index (χ3n) is 1.84. The molecule has 0 aliphatic rings. The zero-order valence-electron chi connectivity index (χ0n) is 7.36. The first-order valence-corrected chi connectivity index (χ1v) is 3.95. The molecule has 1 aromatic carbocycles. The zero-order valence-corrected chi connectivity index (χ0v) is 7.36. The largest absolute Gasteiger partial charge is 0.508 e. The maximum Gasteiger partial charge on any atom is 0.129 e. The summed E-state index contributed by atoms with van der Waals surface area (Å²) < 4.78 is 0. The molecule has 0 heterocycles. The van der Waals surface area contributed by atoms with Gasteiger partial charge < -0.3 is 15.3 Å². The van der Waals surface area contributed by atoms with Crippen molar-refractivity contribution in [2.24, 2.45) is 0 Å². The summed E-state index contributed by atoms with van der Waals surface area (Å²) in [7, 11) is 0. The number of aliphatic hydroxyl groups is 1. The summed E-state index contributed by atoms with van der Waals surface area (Å²) in [5.41, 5.74) is 1.03. The monoisotopic (exact) mass is 180 g/mol. The second kappa shape index (κ2) is 3.96. The third kappa shape index (κ3) is 2.00. The molecule has 0 saturated carbocycles. The van der Waals surface area contributed by atoms with Crippen molar-refractivity contribution in [3.8, 4) is 11.5 Å². The molecule has 0 atom stereocenters. The maximum atomic E-state index is 9.51. The number of hydrogen-bond donors (Lipinski definition) is 3. The topological polar surface area (TPSA) is 60.7 Å². The van der Waals surface area contributed by atoms with Crippen molar-refractivity contribution in [3.05, 3.63) is 29.3 Å². The Morgan fingerprint density at radius 1 is 1.31 bits per heavy atom. The van der Waals surface area contributed by atoms with Crippen molar-refractivity contribution in [2.45, 2.75) is 6.92 Å². The van der Waals surface area contributed by atoms with E-state index in [9.17, 15) is 10.2 Å². The summed E-state index contributed by atoms with van der Waals surface area (Å²) in [4.78, 5) is 0. The lowest BCUT2D eigenvalue weighted by Gasteiger charge is -2.04. The molecule has 0 aliphatic heterocycles. The summed E-state index contributed by atoms with van der Waals surface area (Å²) in [6, 6.07) is 3.09. The third-order valence-corrected chi connectivity index (χ3v) is 1.84. The molecule has 0 bridgehead atoms. The van der Waals surface area contributed by atoms with Crippen LogP contribution in [0.15, 0.2) is 18.2 Å². The van der Waals surface area contributed by atoms with Crippen molar-refractivity contribution in [1.82, 2.24) is 0 Å². The highest BCUT2D eigenvalue weighted by atomic mass is 16.3. The molecular formula is C10H12O3. The van der Waals surface area contributed by atoms with Crippen molar-refractivity contribution >= 4 is 6.08 Å². The zero-order chi connectivity index (χ0) is 9.84. The Bertz CT molecular complexity index is 329. The summed E-state index contributed by atoms with van der Waals surface area (Å²) in [5, 5.41) is 27.3. The number of benzene rings is 1. The van der Waals surface area contributed by atoms with Crippen LogP contribution in [0.5, 0.6) is 11.5 Å². The van der Waals surface area contributed by atoms with Crippen molar-refractivity contribution in [3.63, 3.8) is 0 Å². The Hall–Kier alpha value is -1.48. The van der Waals surface area contributed by atoms with E-state index < -0.39 is 0 Å². The van der Waals surface area contributed by atoms with E-state index in [0.29, 0.717) is 11.1 Å². The normalized spacial score (nSPS) is 10.9. The molecule has 3 nitrogen and oxygen atoms in total. The van der Waals surface area contributed by atoms with Crippen LogP contribution < -0.4 is 0 Å². The standard InChI is InChI=1S/C10H12O3/c1-7-9(12)5-4-8(10(7)13)3-2-6-11/h2-5,11-13H,6H2,1H3. The van der Waals surface area contributed by atoms with E-state index >= 15 is 0 Å². The van der Waals surface area contributed by atoms with E-state index in [1.165, 1.54) is 12.1 Å². The highest BCUT2D eigenvalue weighted by Gasteiger charge is 2.04. The number of aromatic hydroxyl groups is 2. The van der Waals surface area contributed by atoms with E-state index in [2.05, 4.69) is 0 Å². The van der Waals surface area contributed by atoms with Gasteiger partial charge in [0.1, 0.15) is 11.5 Å². The van der Waals surface area contributed by atoms with Crippen LogP contribution >= 0.6 is 0 Å². The molecule has 1 rings (SSSR count). The lowest BCUT2D eigenvalue weighted by atomic mass is 10.1. The lowest BCUT2D eigenvalue weighted by Crippen LogP contribution is -1.81. The molecule has 0 aromatic heterocycles. The van der Waals surface area contributed by atoms with Crippen molar-refractivity contribution < 1.29 is 15.3 Å². The molecular weight excluding hydrogens is 168 g/mol. The minimum atomic E-state index is -0.0701. The van der Waals surface area contributed by atoms with Gasteiger partial charge in [-0.25, -0.2) is 0 Å². The van der Waals surface area contributed by atoms with Crippen LogP contribution in [-0.4, -0.2) is 21.9 Å². The van der Waals surface area contributed by atoms with Gasteiger partial charge in [-0.2, -0.15) is 0 Å². The van der Waals surface area contributed by atoms with E-state index in [1.54, 1.807) is 19.1 Å². The second-order valence-corrected chi connectivity index (χ2v) is 2.73. The maximum absolute atomic E-state index is 9.51. The van der Waals surface area contributed by atoms with Crippen LogP contribution in [-0.2, 0) is 0 Å². The molecule has 0 saturated heterocycles. The smallest absolute Gasteiger partial charge is 0.129 e. The minimum Gasteiger partial charge on any atom is -0.508 e. The first-order valence-electron chi connectivity index (χ1n) is 3.95. The SMILES string of the molecule is Cc1c(O)ccc(C=CCO)c1O. The van der Waals surface area contributed by atoms with Gasteiger partial charge in [-0.3, -0.25) is 0 Å². The van der Waals surface area contributed by atoms with Gasteiger partial charge >= 0.3 is 0 Å². The molecule has 0 spiro atoms. The highest BCUT2D eigenvalue weighted by molar-refractivity contribution is 5.61. The van der Waals surface area contributed by atoms with Gasteiger partial charge in [0.2, 0.25) is 0 Å². The summed E-state index contributed by atoms with van der Waals surface area (Å²) >= 11 is 0. The lowest BCUT2D eigenvalue weighted by molar-refractivity contribution is 0.343. The van der Waals surface area contributed by atoms with Gasteiger partial charge in [-0.1, -0.05) is 12.2 Å². The molecule has 0 amide bonds. The molecule has 0 fully saturated rings. The number of hydrogen-bond acceptors (Lipinski definition) is 3. The van der Waals surface area contributed by atoms with Crippen molar-refractivity contribution in [1.29, 1.82) is 0 Å². The summed E-state index contributed by atoms with van der Waals surface area (Å²) in [6.45, 7) is 1.56. The Labute approximate surface area is 76.6 Å². The molecule has 0 radical (unpaired) electrons. The first kappa shape index (κ1) is 9.61. The van der Waals surface area contributed by atoms with Gasteiger partial charge in [0, 0.05) is 11.1 Å². The number of phenols is 2. The van der Waals surface area contributed by atoms with E-state index in [-0.39, 0.29) is 18.1 Å². The van der Waals surface area contributed by atoms with Gasteiger partial charge in [0.05, 0.1) is 6.61 Å². The average Bonchev–Trinajstić information content (AvgIpc) is 2.13. The van der Waals surface area contributed by atoms with E-state index in [1.807, 2.05) is 0 Å². The van der Waals surface area contributed by atoms with Gasteiger partial charge in [-0.05, 0) is 19.1 Å². The van der Waals surface area contributed by atoms with E-state index in [0.717, 1.165) is 0 Å². The number of phenolic OH excluding ortho intramolecular Hbond substituents is 2. The Morgan fingerprint density at radius 2 is 2.00 bits per heavy atom. The Morgan fingerprint density at radius 3 is 2.62 bits per heavy atom. The molecule has 13 heavy (non-hydrogen) atoms. The van der Waals surface area contributed by atoms with Crippen LogP contribution in [0.4, 0.5) is 0 Å². The Kier molecular flexibility index (Phi) is 2.93. The summed E-state index contributed by atoms with van der Waals surface area (Å²) in [5.74, 6) is 0.114. The second-order valence-electron chi connectivity index (χ2n) is 2.73. The highest BCUT2D eigenvalue weighted by Crippen LogP contribution is 2.29. The van der Waals surface area contributed by atoms with Crippen LogP contribution in [0.25, 0.3) is 6.08 Å². The fourth-order valence-corrected chi connectivity index (χ4v) is 1.02. The average molecular weight is 180 g/mol. The van der Waals surface area contributed by atoms with E-state index in [4.69, 9.17) is 5.11 Å². The van der Waals surface area contributed by atoms with Crippen molar-refractivity contribution in [2.75, 3.05) is 6.61 Å². The van der Waals surface area contributed by atoms with Crippen LogP contribution in [0.1, 0.15) is 11.1 Å². The number of rotatable bonds is 2. The van der Waals surface area contributed by atoms with Gasteiger partial charge in [0.25, 0.3) is 0 Å². The van der Waals surface area contributed by atoms with Crippen LogP contribution in [0.2, 0.25) is 0 Å². The quantitative estimate of drug-likeness (QED) is 0.645. The molecule has 70 valence electrons. The molecule has 1 aromatic rings. The molecule has 0 unspecified atom stereocenters. The predicted octanol–water partition coefficient (Wildman–Crippen LogP) is 1.41. The molecule has 0 aliphatic carbocycles. The van der Waals surface area contributed by atoms with Gasteiger partial charge in [0.15, 0.2) is 0 Å². The van der Waals surface area contributed by atoms with Gasteiger partial charge in [-0.15, -0.1) is 0 Å². The minimum absolute atomic E-state index is 0.0460. The first-order chi connectivity index (χ1) is 6.16. The number of aliphatic hydroxyl groups excluding tert-OH is 1. The Balaban J connectivity index is 3.11. The fourth-order valence-electron chi connectivity index (χ4n) is 1.02. The fraction of sp³-hybridized carbons (Fsp3) is 0.200. The van der Waals surface area contributed by atoms with Crippen LogP contribution in [0.3, 0.4) is 0 Å². The molecule has 3 heteroatoms.